The largest absolute Gasteiger partial charge is 0.394 e. The van der Waals surface area contributed by atoms with Gasteiger partial charge in [0.15, 0.2) is 0 Å². The van der Waals surface area contributed by atoms with Crippen molar-refractivity contribution in [3.05, 3.63) is 0 Å². The molecule has 0 aromatic heterocycles. The van der Waals surface area contributed by atoms with E-state index in [0.717, 1.165) is 25.9 Å². The van der Waals surface area contributed by atoms with Crippen LogP contribution < -0.4 is 10.6 Å². The summed E-state index contributed by atoms with van der Waals surface area (Å²) in [5, 5.41) is 15.0. The third-order valence-electron chi connectivity index (χ3n) is 3.11. The van der Waals surface area contributed by atoms with Crippen molar-refractivity contribution < 1.29 is 14.6 Å². The van der Waals surface area contributed by atoms with Crippen molar-refractivity contribution >= 4 is 5.91 Å². The van der Waals surface area contributed by atoms with E-state index in [2.05, 4.69) is 10.6 Å². The summed E-state index contributed by atoms with van der Waals surface area (Å²) in [6.07, 6.45) is 1.57. The summed E-state index contributed by atoms with van der Waals surface area (Å²) in [4.78, 5) is 12.1. The quantitative estimate of drug-likeness (QED) is 0.595. The highest BCUT2D eigenvalue weighted by molar-refractivity contribution is 5.83. The van der Waals surface area contributed by atoms with Crippen LogP contribution in [0.4, 0.5) is 0 Å². The molecule has 1 fully saturated rings. The topological polar surface area (TPSA) is 70.6 Å². The number of rotatable bonds is 5. The van der Waals surface area contributed by atoms with Crippen LogP contribution in [0.3, 0.4) is 0 Å². The van der Waals surface area contributed by atoms with E-state index in [1.165, 1.54) is 0 Å². The van der Waals surface area contributed by atoms with Crippen LogP contribution in [0.2, 0.25) is 0 Å². The van der Waals surface area contributed by atoms with E-state index in [9.17, 15) is 4.79 Å². The maximum Gasteiger partial charge on any atom is 0.228 e. The van der Waals surface area contributed by atoms with E-state index in [0.29, 0.717) is 6.61 Å². The van der Waals surface area contributed by atoms with Crippen LogP contribution in [-0.4, -0.2) is 50.5 Å². The first-order valence-corrected chi connectivity index (χ1v) is 5.76. The SMILES string of the molecule is COCC1(C(=O)N[C@H](C)CO)CCNCC1. The number of methoxy groups -OCH3 is 1. The Morgan fingerprint density at radius 3 is 2.69 bits per heavy atom. The minimum absolute atomic E-state index is 0.00241. The number of carbonyl (C=O) groups is 1. The Morgan fingerprint density at radius 1 is 1.56 bits per heavy atom. The fourth-order valence-corrected chi connectivity index (χ4v) is 2.04. The summed E-state index contributed by atoms with van der Waals surface area (Å²) in [6, 6.07) is -0.198. The van der Waals surface area contributed by atoms with Crippen molar-refractivity contribution in [1.29, 1.82) is 0 Å². The lowest BCUT2D eigenvalue weighted by Gasteiger charge is -2.36. The minimum atomic E-state index is -0.427. The van der Waals surface area contributed by atoms with Gasteiger partial charge in [-0.3, -0.25) is 4.79 Å². The third kappa shape index (κ3) is 3.17. The highest BCUT2D eigenvalue weighted by atomic mass is 16.5. The number of amides is 1. The van der Waals surface area contributed by atoms with Gasteiger partial charge in [-0.05, 0) is 32.9 Å². The molecule has 0 unspecified atom stereocenters. The van der Waals surface area contributed by atoms with Gasteiger partial charge in [-0.1, -0.05) is 0 Å². The van der Waals surface area contributed by atoms with Gasteiger partial charge in [-0.15, -0.1) is 0 Å². The number of carbonyl (C=O) groups excluding carboxylic acids is 1. The highest BCUT2D eigenvalue weighted by Crippen LogP contribution is 2.29. The molecule has 0 radical (unpaired) electrons. The fourth-order valence-electron chi connectivity index (χ4n) is 2.04. The molecule has 1 rings (SSSR count). The van der Waals surface area contributed by atoms with Crippen LogP contribution in [0.5, 0.6) is 0 Å². The summed E-state index contributed by atoms with van der Waals surface area (Å²) >= 11 is 0. The maximum absolute atomic E-state index is 12.1. The fraction of sp³-hybridized carbons (Fsp3) is 0.909. The molecule has 0 saturated carbocycles. The highest BCUT2D eigenvalue weighted by Gasteiger charge is 2.39. The van der Waals surface area contributed by atoms with Crippen molar-refractivity contribution in [2.45, 2.75) is 25.8 Å². The molecule has 5 heteroatoms. The number of piperidine rings is 1. The first-order chi connectivity index (χ1) is 7.64. The number of aliphatic hydroxyl groups excluding tert-OH is 1. The number of nitrogens with one attached hydrogen (secondary N) is 2. The molecule has 1 saturated heterocycles. The molecule has 1 heterocycles. The van der Waals surface area contributed by atoms with Crippen LogP contribution in [0.15, 0.2) is 0 Å². The number of hydrogen-bond acceptors (Lipinski definition) is 4. The molecule has 0 bridgehead atoms. The Kier molecular flexibility index (Phi) is 5.18. The van der Waals surface area contributed by atoms with Crippen LogP contribution in [0.25, 0.3) is 0 Å². The predicted molar refractivity (Wildman–Crippen MR) is 61.1 cm³/mol. The Labute approximate surface area is 96.6 Å². The van der Waals surface area contributed by atoms with Crippen LogP contribution in [0.1, 0.15) is 19.8 Å². The lowest BCUT2D eigenvalue weighted by atomic mass is 9.78. The monoisotopic (exact) mass is 230 g/mol. The van der Waals surface area contributed by atoms with E-state index < -0.39 is 5.41 Å². The van der Waals surface area contributed by atoms with E-state index in [1.54, 1.807) is 14.0 Å². The second kappa shape index (κ2) is 6.18. The summed E-state index contributed by atoms with van der Waals surface area (Å²) in [7, 11) is 1.62. The van der Waals surface area contributed by atoms with Crippen molar-refractivity contribution in [3.8, 4) is 0 Å². The lowest BCUT2D eigenvalue weighted by Crippen LogP contribution is -2.52. The normalized spacial score (nSPS) is 21.4. The Bertz CT molecular complexity index is 222. The molecule has 16 heavy (non-hydrogen) atoms. The molecule has 1 aliphatic heterocycles. The molecular weight excluding hydrogens is 208 g/mol. The Morgan fingerprint density at radius 2 is 2.19 bits per heavy atom. The summed E-state index contributed by atoms with van der Waals surface area (Å²) in [6.45, 7) is 3.87. The predicted octanol–water partition coefficient (Wildman–Crippen LogP) is -0.500. The number of hydrogen-bond donors (Lipinski definition) is 3. The molecular formula is C11H22N2O3. The molecule has 1 atom stereocenters. The summed E-state index contributed by atoms with van der Waals surface area (Å²) in [5.41, 5.74) is -0.427. The average Bonchev–Trinajstić information content (AvgIpc) is 2.30. The molecule has 3 N–H and O–H groups in total. The van der Waals surface area contributed by atoms with Gasteiger partial charge in [0, 0.05) is 13.2 Å². The van der Waals surface area contributed by atoms with E-state index in [-0.39, 0.29) is 18.6 Å². The zero-order valence-electron chi connectivity index (χ0n) is 10.1. The Hall–Kier alpha value is -0.650. The molecule has 0 aliphatic carbocycles. The van der Waals surface area contributed by atoms with Gasteiger partial charge in [0.05, 0.1) is 18.6 Å². The molecule has 0 aromatic carbocycles. The number of aliphatic hydroxyl groups is 1. The summed E-state index contributed by atoms with van der Waals surface area (Å²) < 4.78 is 5.17. The van der Waals surface area contributed by atoms with Gasteiger partial charge in [-0.25, -0.2) is 0 Å². The van der Waals surface area contributed by atoms with Crippen LogP contribution in [0, 0.1) is 5.41 Å². The number of ether oxygens (including phenoxy) is 1. The van der Waals surface area contributed by atoms with E-state index in [1.807, 2.05) is 0 Å². The average molecular weight is 230 g/mol. The molecule has 0 aromatic rings. The molecule has 5 nitrogen and oxygen atoms in total. The smallest absolute Gasteiger partial charge is 0.228 e. The van der Waals surface area contributed by atoms with Crippen molar-refractivity contribution in [1.82, 2.24) is 10.6 Å². The van der Waals surface area contributed by atoms with E-state index >= 15 is 0 Å². The van der Waals surface area contributed by atoms with Crippen molar-refractivity contribution in [2.75, 3.05) is 33.4 Å². The molecule has 0 spiro atoms. The lowest BCUT2D eigenvalue weighted by molar-refractivity contribution is -0.137. The van der Waals surface area contributed by atoms with E-state index in [4.69, 9.17) is 9.84 Å². The first-order valence-electron chi connectivity index (χ1n) is 5.76. The zero-order valence-corrected chi connectivity index (χ0v) is 10.1. The van der Waals surface area contributed by atoms with Gasteiger partial charge < -0.3 is 20.5 Å². The standard InChI is InChI=1S/C11H22N2O3/c1-9(7-14)13-10(15)11(8-16-2)3-5-12-6-4-11/h9,12,14H,3-8H2,1-2H3,(H,13,15)/t9-/m1/s1. The van der Waals surface area contributed by atoms with Gasteiger partial charge in [0.1, 0.15) is 0 Å². The van der Waals surface area contributed by atoms with Gasteiger partial charge in [0.2, 0.25) is 5.91 Å². The summed E-state index contributed by atoms with van der Waals surface area (Å²) in [5.74, 6) is -0.00241. The van der Waals surface area contributed by atoms with Crippen LogP contribution >= 0.6 is 0 Å². The van der Waals surface area contributed by atoms with Gasteiger partial charge in [0.25, 0.3) is 0 Å². The Balaban J connectivity index is 2.64. The minimum Gasteiger partial charge on any atom is -0.394 e. The maximum atomic E-state index is 12.1. The second-order valence-electron chi connectivity index (χ2n) is 4.52. The van der Waals surface area contributed by atoms with Crippen molar-refractivity contribution in [2.24, 2.45) is 5.41 Å². The van der Waals surface area contributed by atoms with Crippen molar-refractivity contribution in [3.63, 3.8) is 0 Å². The third-order valence-corrected chi connectivity index (χ3v) is 3.11. The second-order valence-corrected chi connectivity index (χ2v) is 4.52. The zero-order chi connectivity index (χ0) is 12.0. The van der Waals surface area contributed by atoms with Gasteiger partial charge in [-0.2, -0.15) is 0 Å². The first kappa shape index (κ1) is 13.4. The molecule has 1 amide bonds. The van der Waals surface area contributed by atoms with Crippen LogP contribution in [-0.2, 0) is 9.53 Å². The van der Waals surface area contributed by atoms with Gasteiger partial charge >= 0.3 is 0 Å². The molecule has 94 valence electrons. The molecule has 1 aliphatic rings.